The van der Waals surface area contributed by atoms with Crippen LogP contribution >= 0.6 is 0 Å². The predicted octanol–water partition coefficient (Wildman–Crippen LogP) is 5.93. The number of nitrogens with one attached hydrogen (secondary N) is 1. The molecule has 2 N–H and O–H groups in total. The zero-order valence-electron chi connectivity index (χ0n) is 25.3. The molecule has 0 saturated carbocycles. The van der Waals surface area contributed by atoms with E-state index in [0.717, 1.165) is 33.4 Å². The molecule has 2 heterocycles. The maximum Gasteiger partial charge on any atom is 0.270 e. The van der Waals surface area contributed by atoms with Gasteiger partial charge in [0, 0.05) is 30.8 Å². The van der Waals surface area contributed by atoms with Gasteiger partial charge in [-0.3, -0.25) is 4.79 Å². The number of carbonyl (C=O) groups excluding carboxylic acids is 1. The highest BCUT2D eigenvalue weighted by Crippen LogP contribution is 2.44. The molecule has 1 amide bonds. The average Bonchev–Trinajstić information content (AvgIpc) is 3.40. The van der Waals surface area contributed by atoms with Crippen LogP contribution in [0.25, 0.3) is 22.4 Å². The molecule has 0 aliphatic carbocycles. The Kier molecular flexibility index (Phi) is 9.25. The van der Waals surface area contributed by atoms with Gasteiger partial charge in [-0.05, 0) is 85.8 Å². The Balaban J connectivity index is 1.60. The first-order chi connectivity index (χ1) is 21.1. The topological polar surface area (TPSA) is 116 Å². The lowest BCUT2D eigenvalue weighted by Crippen LogP contribution is -2.36. The van der Waals surface area contributed by atoms with E-state index in [0.29, 0.717) is 36.5 Å². The summed E-state index contributed by atoms with van der Waals surface area (Å²) in [5, 5.41) is 22.5. The molecule has 2 atom stereocenters. The molecule has 9 heteroatoms. The SMILES string of the molecule is COc1cccc(CNC(=O)c2cc3c(c(-c4cccc(-c5cccc(C#N)c5)c4)n2)[C@@H](CCO)N([S@](=O)C(C)(C)C)C3)c1. The van der Waals surface area contributed by atoms with Crippen molar-refractivity contribution in [2.45, 2.75) is 51.1 Å². The monoisotopic (exact) mass is 608 g/mol. The van der Waals surface area contributed by atoms with Crippen LogP contribution in [0.1, 0.15) is 66.0 Å². The Morgan fingerprint density at radius 2 is 1.77 bits per heavy atom. The van der Waals surface area contributed by atoms with Gasteiger partial charge in [0.05, 0.1) is 35.2 Å². The third-order valence-electron chi connectivity index (χ3n) is 7.57. The van der Waals surface area contributed by atoms with Crippen molar-refractivity contribution in [1.82, 2.24) is 14.6 Å². The van der Waals surface area contributed by atoms with Gasteiger partial charge in [-0.25, -0.2) is 13.5 Å². The third kappa shape index (κ3) is 6.58. The number of methoxy groups -OCH3 is 1. The van der Waals surface area contributed by atoms with Gasteiger partial charge in [-0.2, -0.15) is 5.26 Å². The highest BCUT2D eigenvalue weighted by Gasteiger charge is 2.40. The van der Waals surface area contributed by atoms with Crippen molar-refractivity contribution >= 4 is 16.9 Å². The van der Waals surface area contributed by atoms with Gasteiger partial charge in [0.2, 0.25) is 0 Å². The predicted molar refractivity (Wildman–Crippen MR) is 172 cm³/mol. The summed E-state index contributed by atoms with van der Waals surface area (Å²) in [7, 11) is 0.230. The summed E-state index contributed by atoms with van der Waals surface area (Å²) in [5.74, 6) is 0.376. The zero-order chi connectivity index (χ0) is 31.4. The van der Waals surface area contributed by atoms with Crippen LogP contribution in [0, 0.1) is 11.3 Å². The number of nitrogens with zero attached hydrogens (tertiary/aromatic N) is 3. The van der Waals surface area contributed by atoms with E-state index in [9.17, 15) is 19.4 Å². The maximum atomic E-state index is 13.7. The van der Waals surface area contributed by atoms with Gasteiger partial charge in [0.1, 0.15) is 22.4 Å². The van der Waals surface area contributed by atoms with Crippen LogP contribution in [0.4, 0.5) is 0 Å². The van der Waals surface area contributed by atoms with Crippen molar-refractivity contribution in [3.05, 3.63) is 107 Å². The van der Waals surface area contributed by atoms with Gasteiger partial charge < -0.3 is 15.2 Å². The minimum atomic E-state index is -1.37. The Labute approximate surface area is 260 Å². The van der Waals surface area contributed by atoms with E-state index in [1.54, 1.807) is 19.2 Å². The van der Waals surface area contributed by atoms with Gasteiger partial charge in [0.25, 0.3) is 5.91 Å². The number of aliphatic hydroxyl groups is 1. The molecular formula is C35H36N4O4S. The molecule has 0 saturated heterocycles. The van der Waals surface area contributed by atoms with Crippen LogP contribution in [0.5, 0.6) is 5.75 Å². The van der Waals surface area contributed by atoms with Crippen LogP contribution in [0.15, 0.2) is 78.9 Å². The normalized spacial score (nSPS) is 15.3. The number of ether oxygens (including phenoxy) is 1. The number of fused-ring (bicyclic) bond motifs is 1. The summed E-state index contributed by atoms with van der Waals surface area (Å²) in [6.07, 6.45) is 0.370. The number of carbonyl (C=O) groups is 1. The van der Waals surface area contributed by atoms with E-state index in [2.05, 4.69) is 11.4 Å². The molecule has 3 aromatic carbocycles. The summed E-state index contributed by atoms with van der Waals surface area (Å²) in [6, 6.07) is 26.4. The van der Waals surface area contributed by atoms with E-state index in [1.807, 2.05) is 91.8 Å². The number of amides is 1. The zero-order valence-corrected chi connectivity index (χ0v) is 26.1. The molecule has 1 aliphatic heterocycles. The summed E-state index contributed by atoms with van der Waals surface area (Å²) in [4.78, 5) is 18.5. The Hall–Kier alpha value is -4.36. The van der Waals surface area contributed by atoms with Crippen LogP contribution < -0.4 is 10.1 Å². The summed E-state index contributed by atoms with van der Waals surface area (Å²) >= 11 is 0. The highest BCUT2D eigenvalue weighted by atomic mass is 32.2. The summed E-state index contributed by atoms with van der Waals surface area (Å²) in [5.41, 5.74) is 6.61. The third-order valence-corrected chi connectivity index (χ3v) is 9.43. The molecule has 226 valence electrons. The first kappa shape index (κ1) is 31.1. The first-order valence-corrected chi connectivity index (χ1v) is 15.6. The lowest BCUT2D eigenvalue weighted by molar-refractivity contribution is 0.0946. The van der Waals surface area contributed by atoms with Crippen LogP contribution in [-0.2, 0) is 24.1 Å². The van der Waals surface area contributed by atoms with E-state index >= 15 is 0 Å². The smallest absolute Gasteiger partial charge is 0.270 e. The quantitative estimate of drug-likeness (QED) is 0.244. The number of nitriles is 1. The fourth-order valence-electron chi connectivity index (χ4n) is 5.48. The van der Waals surface area contributed by atoms with E-state index < -0.39 is 15.7 Å². The van der Waals surface area contributed by atoms with Crippen molar-refractivity contribution in [1.29, 1.82) is 5.26 Å². The van der Waals surface area contributed by atoms with E-state index in [-0.39, 0.29) is 24.2 Å². The summed E-state index contributed by atoms with van der Waals surface area (Å²) in [6.45, 7) is 6.35. The fourth-order valence-corrected chi connectivity index (χ4v) is 6.88. The van der Waals surface area contributed by atoms with Gasteiger partial charge in [-0.15, -0.1) is 0 Å². The Bertz CT molecular complexity index is 1760. The number of benzene rings is 3. The second-order valence-electron chi connectivity index (χ2n) is 11.7. The van der Waals surface area contributed by atoms with E-state index in [1.165, 1.54) is 0 Å². The molecule has 44 heavy (non-hydrogen) atoms. The number of aliphatic hydroxyl groups excluding tert-OH is 1. The van der Waals surface area contributed by atoms with Crippen molar-refractivity contribution in [2.24, 2.45) is 0 Å². The fraction of sp³-hybridized carbons (Fsp3) is 0.286. The van der Waals surface area contributed by atoms with Crippen molar-refractivity contribution in [3.8, 4) is 34.2 Å². The Morgan fingerprint density at radius 3 is 2.48 bits per heavy atom. The number of hydrogen-bond acceptors (Lipinski definition) is 6. The minimum Gasteiger partial charge on any atom is -0.497 e. The van der Waals surface area contributed by atoms with Crippen molar-refractivity contribution < 1.29 is 18.8 Å². The lowest BCUT2D eigenvalue weighted by atomic mass is 9.93. The highest BCUT2D eigenvalue weighted by molar-refractivity contribution is 7.84. The second kappa shape index (κ2) is 13.1. The maximum absolute atomic E-state index is 13.7. The molecule has 1 aliphatic rings. The standard InChI is InChI=1S/C35H36N4O4S/c1-35(2,3)44(42)39-22-28-19-30(34(41)37-21-24-9-6-13-29(17-24)43-4)38-33(32(28)31(39)14-15-40)27-12-7-11-26(18-27)25-10-5-8-23(16-25)20-36/h5-13,16-19,31,40H,14-15,21-22H2,1-4H3,(H,37,41)/t31-,44-/m1/s1. The van der Waals surface area contributed by atoms with Gasteiger partial charge in [-0.1, -0.05) is 42.5 Å². The lowest BCUT2D eigenvalue weighted by Gasteiger charge is -2.30. The molecule has 0 unspecified atom stereocenters. The second-order valence-corrected chi connectivity index (χ2v) is 13.9. The number of pyridine rings is 1. The molecule has 1 aromatic heterocycles. The van der Waals surface area contributed by atoms with Crippen molar-refractivity contribution in [3.63, 3.8) is 0 Å². The largest absolute Gasteiger partial charge is 0.497 e. The Morgan fingerprint density at radius 1 is 1.07 bits per heavy atom. The average molecular weight is 609 g/mol. The number of hydrogen-bond donors (Lipinski definition) is 2. The van der Waals surface area contributed by atoms with Crippen LogP contribution in [0.3, 0.4) is 0 Å². The first-order valence-electron chi connectivity index (χ1n) is 14.5. The molecule has 5 rings (SSSR count). The minimum absolute atomic E-state index is 0.0921. The number of aromatic nitrogens is 1. The van der Waals surface area contributed by atoms with Crippen LogP contribution in [-0.4, -0.2) is 43.0 Å². The van der Waals surface area contributed by atoms with Gasteiger partial charge in [0.15, 0.2) is 0 Å². The molecule has 0 bridgehead atoms. The summed E-state index contributed by atoms with van der Waals surface area (Å²) < 4.78 is 20.4. The molecule has 0 fully saturated rings. The molecule has 0 radical (unpaired) electrons. The molecule has 8 nitrogen and oxygen atoms in total. The number of rotatable bonds is 9. The van der Waals surface area contributed by atoms with Crippen LogP contribution in [0.2, 0.25) is 0 Å². The molecule has 4 aromatic rings. The molecular weight excluding hydrogens is 572 g/mol. The van der Waals surface area contributed by atoms with Crippen molar-refractivity contribution in [2.75, 3.05) is 13.7 Å². The van der Waals surface area contributed by atoms with E-state index in [4.69, 9.17) is 9.72 Å². The van der Waals surface area contributed by atoms with Gasteiger partial charge >= 0.3 is 0 Å². The molecule has 0 spiro atoms.